The van der Waals surface area contributed by atoms with E-state index in [1.807, 2.05) is 18.3 Å². The van der Waals surface area contributed by atoms with Crippen LogP contribution in [0.25, 0.3) is 5.52 Å². The van der Waals surface area contributed by atoms with Crippen molar-refractivity contribution in [3.05, 3.63) is 35.4 Å². The van der Waals surface area contributed by atoms with Crippen LogP contribution in [0.2, 0.25) is 5.28 Å². The molecule has 0 fully saturated rings. The number of carbonyl (C=O) groups excluding carboxylic acids is 1. The third-order valence-electron chi connectivity index (χ3n) is 2.05. The number of halogens is 1. The quantitative estimate of drug-likeness (QED) is 0.758. The fourth-order valence-corrected chi connectivity index (χ4v) is 1.66. The lowest BCUT2D eigenvalue weighted by atomic mass is 10.1. The third-order valence-corrected chi connectivity index (χ3v) is 2.33. The summed E-state index contributed by atoms with van der Waals surface area (Å²) < 4.78 is 1.76. The smallest absolute Gasteiger partial charge is 0.207 e. The van der Waals surface area contributed by atoms with Crippen molar-refractivity contribution in [3.8, 4) is 0 Å². The Hall–Kier alpha value is -1.35. The first-order chi connectivity index (χ1) is 6.68. The van der Waals surface area contributed by atoms with E-state index in [1.54, 1.807) is 17.5 Å². The number of hydrogen-bond acceptors (Lipinski definition) is 2. The largest absolute Gasteiger partial charge is 0.300 e. The van der Waals surface area contributed by atoms with Crippen LogP contribution >= 0.6 is 11.6 Å². The Morgan fingerprint density at radius 3 is 3.14 bits per heavy atom. The van der Waals surface area contributed by atoms with E-state index in [-0.39, 0.29) is 5.78 Å². The Morgan fingerprint density at radius 2 is 2.43 bits per heavy atom. The average molecular weight is 209 g/mol. The Labute approximate surface area is 86.3 Å². The van der Waals surface area contributed by atoms with Crippen molar-refractivity contribution in [2.24, 2.45) is 0 Å². The van der Waals surface area contributed by atoms with E-state index in [2.05, 4.69) is 4.98 Å². The van der Waals surface area contributed by atoms with Gasteiger partial charge in [-0.05, 0) is 30.2 Å². The lowest BCUT2D eigenvalue weighted by Gasteiger charge is -2.01. The highest BCUT2D eigenvalue weighted by Gasteiger charge is 2.06. The van der Waals surface area contributed by atoms with Gasteiger partial charge in [0.05, 0.1) is 11.7 Å². The van der Waals surface area contributed by atoms with E-state index < -0.39 is 0 Å². The van der Waals surface area contributed by atoms with Crippen LogP contribution in [0.4, 0.5) is 0 Å². The maximum Gasteiger partial charge on any atom is 0.207 e. The molecule has 0 bridgehead atoms. The van der Waals surface area contributed by atoms with Crippen LogP contribution < -0.4 is 0 Å². The third kappa shape index (κ3) is 1.51. The second kappa shape index (κ2) is 3.42. The van der Waals surface area contributed by atoms with Crippen LogP contribution in [-0.2, 0) is 11.2 Å². The molecule has 0 aliphatic carbocycles. The number of hydrogen-bond donors (Lipinski definition) is 0. The van der Waals surface area contributed by atoms with Gasteiger partial charge in [-0.1, -0.05) is 6.07 Å². The molecular weight excluding hydrogens is 200 g/mol. The summed E-state index contributed by atoms with van der Waals surface area (Å²) in [6.45, 7) is 1.57. The number of imidazole rings is 1. The Balaban J connectivity index is 2.59. The van der Waals surface area contributed by atoms with Gasteiger partial charge in [-0.25, -0.2) is 4.98 Å². The van der Waals surface area contributed by atoms with Gasteiger partial charge in [0.25, 0.3) is 0 Å². The second-order valence-corrected chi connectivity index (χ2v) is 3.53. The molecule has 0 radical (unpaired) electrons. The molecule has 2 aromatic rings. The second-order valence-electron chi connectivity index (χ2n) is 3.19. The van der Waals surface area contributed by atoms with Crippen molar-refractivity contribution in [1.29, 1.82) is 0 Å². The summed E-state index contributed by atoms with van der Waals surface area (Å²) in [5.74, 6) is 0.135. The molecule has 0 aromatic carbocycles. The molecule has 0 atom stereocenters. The normalized spacial score (nSPS) is 10.7. The number of ketones is 1. The molecule has 4 heteroatoms. The van der Waals surface area contributed by atoms with Gasteiger partial charge in [0.15, 0.2) is 0 Å². The molecule has 14 heavy (non-hydrogen) atoms. The number of nitrogens with zero attached hydrogens (tertiary/aromatic N) is 2. The van der Waals surface area contributed by atoms with Gasteiger partial charge in [0, 0.05) is 12.6 Å². The van der Waals surface area contributed by atoms with Gasteiger partial charge in [-0.15, -0.1) is 0 Å². The predicted octanol–water partition coefficient (Wildman–Crippen LogP) is 2.12. The van der Waals surface area contributed by atoms with Gasteiger partial charge in [-0.2, -0.15) is 0 Å². The standard InChI is InChI=1S/C10H9ClN2O/c1-7(14)5-8-3-2-4-13-9(8)6-12-10(13)11/h2-4,6H,5H2,1H3. The highest BCUT2D eigenvalue weighted by molar-refractivity contribution is 6.28. The summed E-state index contributed by atoms with van der Waals surface area (Å²) in [6.07, 6.45) is 3.93. The first-order valence-corrected chi connectivity index (χ1v) is 4.66. The first kappa shape index (κ1) is 9.21. The molecule has 0 saturated carbocycles. The number of aromatic nitrogens is 2. The molecule has 2 aromatic heterocycles. The lowest BCUT2D eigenvalue weighted by molar-refractivity contribution is -0.116. The summed E-state index contributed by atoms with van der Waals surface area (Å²) in [6, 6.07) is 3.77. The van der Waals surface area contributed by atoms with Crippen molar-refractivity contribution < 1.29 is 4.79 Å². The summed E-state index contributed by atoms with van der Waals surface area (Å²) >= 11 is 5.85. The van der Waals surface area contributed by atoms with Crippen molar-refractivity contribution in [3.63, 3.8) is 0 Å². The highest BCUT2D eigenvalue weighted by Crippen LogP contribution is 2.16. The molecule has 0 spiro atoms. The maximum absolute atomic E-state index is 11.0. The SMILES string of the molecule is CC(=O)Cc1cccn2c(Cl)ncc12. The van der Waals surface area contributed by atoms with Crippen LogP contribution in [0.15, 0.2) is 24.5 Å². The monoisotopic (exact) mass is 208 g/mol. The Morgan fingerprint density at radius 1 is 1.64 bits per heavy atom. The van der Waals surface area contributed by atoms with E-state index in [9.17, 15) is 4.79 Å². The predicted molar refractivity (Wildman–Crippen MR) is 54.6 cm³/mol. The minimum Gasteiger partial charge on any atom is -0.300 e. The van der Waals surface area contributed by atoms with E-state index >= 15 is 0 Å². The van der Waals surface area contributed by atoms with Crippen LogP contribution in [-0.4, -0.2) is 15.2 Å². The molecule has 0 amide bonds. The molecule has 72 valence electrons. The molecule has 0 saturated heterocycles. The molecule has 2 rings (SSSR count). The van der Waals surface area contributed by atoms with Gasteiger partial charge in [0.1, 0.15) is 5.78 Å². The van der Waals surface area contributed by atoms with Gasteiger partial charge in [0.2, 0.25) is 5.28 Å². The zero-order valence-corrected chi connectivity index (χ0v) is 8.45. The molecule has 0 N–H and O–H groups in total. The van der Waals surface area contributed by atoms with Crippen LogP contribution in [0, 0.1) is 0 Å². The van der Waals surface area contributed by atoms with Crippen LogP contribution in [0.3, 0.4) is 0 Å². The minimum atomic E-state index is 0.135. The number of fused-ring (bicyclic) bond motifs is 1. The Kier molecular flexibility index (Phi) is 2.25. The van der Waals surface area contributed by atoms with Gasteiger partial charge >= 0.3 is 0 Å². The zero-order chi connectivity index (χ0) is 10.1. The van der Waals surface area contributed by atoms with E-state index in [0.717, 1.165) is 11.1 Å². The molecular formula is C10H9ClN2O. The molecule has 3 nitrogen and oxygen atoms in total. The molecule has 0 aliphatic rings. The maximum atomic E-state index is 11.0. The summed E-state index contributed by atoms with van der Waals surface area (Å²) in [7, 11) is 0. The molecule has 2 heterocycles. The Bertz CT molecular complexity index is 490. The molecule has 0 unspecified atom stereocenters. The van der Waals surface area contributed by atoms with Crippen molar-refractivity contribution in [2.75, 3.05) is 0 Å². The van der Waals surface area contributed by atoms with Gasteiger partial charge < -0.3 is 0 Å². The van der Waals surface area contributed by atoms with Crippen LogP contribution in [0.5, 0.6) is 0 Å². The van der Waals surface area contributed by atoms with E-state index in [0.29, 0.717) is 11.7 Å². The van der Waals surface area contributed by atoms with Gasteiger partial charge in [-0.3, -0.25) is 9.20 Å². The summed E-state index contributed by atoms with van der Waals surface area (Å²) in [5.41, 5.74) is 1.85. The average Bonchev–Trinajstić information content (AvgIpc) is 2.49. The minimum absolute atomic E-state index is 0.135. The zero-order valence-electron chi connectivity index (χ0n) is 7.70. The highest BCUT2D eigenvalue weighted by atomic mass is 35.5. The summed E-state index contributed by atoms with van der Waals surface area (Å²) in [4.78, 5) is 15.0. The van der Waals surface area contributed by atoms with E-state index in [4.69, 9.17) is 11.6 Å². The van der Waals surface area contributed by atoms with Crippen LogP contribution in [0.1, 0.15) is 12.5 Å². The van der Waals surface area contributed by atoms with Crippen molar-refractivity contribution in [1.82, 2.24) is 9.38 Å². The van der Waals surface area contributed by atoms with Crippen molar-refractivity contribution >= 4 is 22.9 Å². The van der Waals surface area contributed by atoms with Crippen molar-refractivity contribution in [2.45, 2.75) is 13.3 Å². The number of rotatable bonds is 2. The van der Waals surface area contributed by atoms with E-state index in [1.165, 1.54) is 0 Å². The topological polar surface area (TPSA) is 34.4 Å². The fourth-order valence-electron chi connectivity index (χ4n) is 1.47. The number of pyridine rings is 1. The molecule has 0 aliphatic heterocycles. The summed E-state index contributed by atoms with van der Waals surface area (Å²) in [5, 5.41) is 0.422. The first-order valence-electron chi connectivity index (χ1n) is 4.28. The number of Topliss-reactive ketones (excluding diaryl/α,β-unsaturated/α-hetero) is 1. The number of carbonyl (C=O) groups is 1. The lowest BCUT2D eigenvalue weighted by Crippen LogP contribution is -1.98. The fraction of sp³-hybridized carbons (Fsp3) is 0.200.